The van der Waals surface area contributed by atoms with Gasteiger partial charge in [0.2, 0.25) is 10.0 Å². The first-order valence-corrected chi connectivity index (χ1v) is 8.68. The van der Waals surface area contributed by atoms with Gasteiger partial charge in [-0.2, -0.15) is 0 Å². The lowest BCUT2D eigenvalue weighted by atomic mass is 9.99. The van der Waals surface area contributed by atoms with E-state index < -0.39 is 10.0 Å². The molecule has 1 heterocycles. The van der Waals surface area contributed by atoms with Gasteiger partial charge in [0.25, 0.3) is 0 Å². The molecule has 0 saturated heterocycles. The summed E-state index contributed by atoms with van der Waals surface area (Å²) in [5, 5.41) is 9.26. The number of hydrogen-bond acceptors (Lipinski definition) is 5. The highest BCUT2D eigenvalue weighted by Crippen LogP contribution is 2.35. The first-order chi connectivity index (χ1) is 11.4. The van der Waals surface area contributed by atoms with E-state index in [-0.39, 0.29) is 4.90 Å². The molecule has 0 aliphatic carbocycles. The van der Waals surface area contributed by atoms with Crippen molar-refractivity contribution in [2.45, 2.75) is 11.8 Å². The third-order valence-corrected chi connectivity index (χ3v) is 4.63. The molecule has 0 aliphatic rings. The monoisotopic (exact) mass is 343 g/mol. The van der Waals surface area contributed by atoms with E-state index in [1.165, 1.54) is 12.1 Å². The predicted molar refractivity (Wildman–Crippen MR) is 90.0 cm³/mol. The van der Waals surface area contributed by atoms with E-state index in [1.807, 2.05) is 31.2 Å². The third-order valence-electron chi connectivity index (χ3n) is 3.70. The fourth-order valence-electron chi connectivity index (χ4n) is 2.47. The van der Waals surface area contributed by atoms with Crippen molar-refractivity contribution in [3.05, 3.63) is 54.3 Å². The van der Waals surface area contributed by atoms with Crippen LogP contribution in [0.4, 0.5) is 0 Å². The molecule has 0 saturated carbocycles. The van der Waals surface area contributed by atoms with Crippen LogP contribution in [0, 0.1) is 6.92 Å². The van der Waals surface area contributed by atoms with Crippen molar-refractivity contribution in [1.29, 1.82) is 0 Å². The Labute approximate surface area is 139 Å². The molecule has 2 aromatic carbocycles. The molecule has 1 aromatic heterocycles. The fourth-order valence-corrected chi connectivity index (χ4v) is 2.98. The van der Waals surface area contributed by atoms with Crippen LogP contribution in [0.25, 0.3) is 22.4 Å². The van der Waals surface area contributed by atoms with Crippen molar-refractivity contribution >= 4 is 10.0 Å². The van der Waals surface area contributed by atoms with Gasteiger partial charge < -0.3 is 9.26 Å². The Kier molecular flexibility index (Phi) is 4.13. The lowest BCUT2D eigenvalue weighted by molar-refractivity contribution is 0.400. The summed E-state index contributed by atoms with van der Waals surface area (Å²) in [6.07, 6.45) is 0. The second-order valence-electron chi connectivity index (χ2n) is 5.26. The summed E-state index contributed by atoms with van der Waals surface area (Å²) >= 11 is 0. The number of primary sulfonamides is 1. The quantitative estimate of drug-likeness (QED) is 0.786. The number of nitrogens with zero attached hydrogens (tertiary/aromatic N) is 1. The number of ether oxygens (including phenoxy) is 1. The molecule has 7 heteroatoms. The standard InChI is InChI=1S/C17H16N2O4S/c1-11-16(12-5-9-15(10-6-12)24(18,20)21)17(19-23-11)13-3-7-14(22-2)8-4-13/h3-10H,1-2H3,(H2,18,20,21)/i2-1. The molecule has 0 atom stereocenters. The molecule has 6 nitrogen and oxygen atoms in total. The van der Waals surface area contributed by atoms with Crippen LogP contribution in [0.15, 0.2) is 57.9 Å². The highest BCUT2D eigenvalue weighted by molar-refractivity contribution is 7.89. The molecule has 0 aliphatic heterocycles. The number of aromatic nitrogens is 1. The number of benzene rings is 2. The number of hydrogen-bond donors (Lipinski definition) is 1. The van der Waals surface area contributed by atoms with Crippen LogP contribution in [-0.4, -0.2) is 20.7 Å². The Morgan fingerprint density at radius 3 is 2.12 bits per heavy atom. The molecular formula is C17H16N2O4S. The molecule has 0 fully saturated rings. The van der Waals surface area contributed by atoms with Gasteiger partial charge in [-0.25, -0.2) is 13.6 Å². The average molecular weight is 343 g/mol. The fraction of sp³-hybridized carbons (Fsp3) is 0.118. The van der Waals surface area contributed by atoms with E-state index in [2.05, 4.69) is 5.16 Å². The van der Waals surface area contributed by atoms with Crippen LogP contribution < -0.4 is 9.88 Å². The average Bonchev–Trinajstić information content (AvgIpc) is 2.96. The van der Waals surface area contributed by atoms with Crippen molar-refractivity contribution in [2.75, 3.05) is 7.11 Å². The number of sulfonamides is 1. The maximum Gasteiger partial charge on any atom is 0.238 e. The summed E-state index contributed by atoms with van der Waals surface area (Å²) in [6.45, 7) is 1.81. The van der Waals surface area contributed by atoms with Crippen LogP contribution in [-0.2, 0) is 10.0 Å². The topological polar surface area (TPSA) is 95.4 Å². The summed E-state index contributed by atoms with van der Waals surface area (Å²) in [6, 6.07) is 13.8. The first-order valence-electron chi connectivity index (χ1n) is 7.14. The molecule has 0 radical (unpaired) electrons. The summed E-state index contributed by atoms with van der Waals surface area (Å²) in [5.74, 6) is 1.39. The van der Waals surface area contributed by atoms with Crippen molar-refractivity contribution in [3.63, 3.8) is 0 Å². The van der Waals surface area contributed by atoms with Gasteiger partial charge in [-0.15, -0.1) is 0 Å². The minimum absolute atomic E-state index is 0.0614. The molecule has 0 unspecified atom stereocenters. The molecule has 0 amide bonds. The van der Waals surface area contributed by atoms with Gasteiger partial charge in [0.15, 0.2) is 0 Å². The van der Waals surface area contributed by atoms with Gasteiger partial charge in [0.05, 0.1) is 17.6 Å². The normalized spacial score (nSPS) is 11.5. The van der Waals surface area contributed by atoms with Crippen LogP contribution >= 0.6 is 0 Å². The zero-order valence-corrected chi connectivity index (χ0v) is 14.0. The van der Waals surface area contributed by atoms with E-state index in [0.717, 1.165) is 22.4 Å². The Morgan fingerprint density at radius 1 is 1.00 bits per heavy atom. The zero-order valence-electron chi connectivity index (χ0n) is 13.2. The largest absolute Gasteiger partial charge is 0.497 e. The first kappa shape index (κ1) is 16.2. The highest BCUT2D eigenvalue weighted by Gasteiger charge is 2.17. The van der Waals surface area contributed by atoms with Crippen molar-refractivity contribution in [3.8, 4) is 28.1 Å². The summed E-state index contributed by atoms with van der Waals surface area (Å²) in [5.41, 5.74) is 3.16. The highest BCUT2D eigenvalue weighted by atomic mass is 32.2. The Balaban J connectivity index is 2.07. The van der Waals surface area contributed by atoms with Crippen LogP contribution in [0.5, 0.6) is 5.75 Å². The molecule has 0 spiro atoms. The van der Waals surface area contributed by atoms with Crippen LogP contribution in [0.2, 0.25) is 0 Å². The minimum Gasteiger partial charge on any atom is -0.497 e. The smallest absolute Gasteiger partial charge is 0.238 e. The SMILES string of the molecule is Cc1onc(-c2ccc(O[11CH3])cc2)c1-c1ccc(S(N)(=O)=O)cc1. The summed E-state index contributed by atoms with van der Waals surface area (Å²) < 4.78 is 33.3. The van der Waals surface area contributed by atoms with E-state index in [1.54, 1.807) is 19.2 Å². The lowest BCUT2D eigenvalue weighted by Crippen LogP contribution is -2.11. The third kappa shape index (κ3) is 3.04. The molecule has 3 rings (SSSR count). The van der Waals surface area contributed by atoms with E-state index >= 15 is 0 Å². The second-order valence-corrected chi connectivity index (χ2v) is 6.82. The van der Waals surface area contributed by atoms with E-state index in [4.69, 9.17) is 14.4 Å². The lowest BCUT2D eigenvalue weighted by Gasteiger charge is -2.05. The Morgan fingerprint density at radius 2 is 1.58 bits per heavy atom. The molecule has 2 N–H and O–H groups in total. The summed E-state index contributed by atoms with van der Waals surface area (Å²) in [7, 11) is -2.12. The molecular weight excluding hydrogens is 327 g/mol. The number of methoxy groups -OCH3 is 1. The zero-order chi connectivity index (χ0) is 17.3. The van der Waals surface area contributed by atoms with Crippen LogP contribution in [0.3, 0.4) is 0 Å². The number of aryl methyl sites for hydroxylation is 1. The van der Waals surface area contributed by atoms with Gasteiger partial charge in [0, 0.05) is 5.56 Å². The molecule has 124 valence electrons. The Hall–Kier alpha value is -2.64. The second kappa shape index (κ2) is 6.10. The number of rotatable bonds is 4. The predicted octanol–water partition coefficient (Wildman–Crippen LogP) is 2.97. The van der Waals surface area contributed by atoms with Gasteiger partial charge in [-0.1, -0.05) is 17.3 Å². The molecule has 3 aromatic rings. The van der Waals surface area contributed by atoms with Gasteiger partial charge >= 0.3 is 0 Å². The molecule has 0 bridgehead atoms. The van der Waals surface area contributed by atoms with E-state index in [9.17, 15) is 8.42 Å². The van der Waals surface area contributed by atoms with E-state index in [0.29, 0.717) is 11.5 Å². The van der Waals surface area contributed by atoms with Crippen LogP contribution in [0.1, 0.15) is 5.76 Å². The maximum atomic E-state index is 11.4. The van der Waals surface area contributed by atoms with Gasteiger partial charge in [-0.3, -0.25) is 0 Å². The van der Waals surface area contributed by atoms with Crippen molar-refractivity contribution in [1.82, 2.24) is 5.16 Å². The van der Waals surface area contributed by atoms with Gasteiger partial charge in [-0.05, 0) is 48.9 Å². The molecule has 24 heavy (non-hydrogen) atoms. The summed E-state index contributed by atoms with van der Waals surface area (Å²) in [4.78, 5) is 0.0614. The Bertz CT molecular complexity index is 959. The van der Waals surface area contributed by atoms with Crippen molar-refractivity contribution < 1.29 is 17.7 Å². The maximum absolute atomic E-state index is 11.4. The van der Waals surface area contributed by atoms with Crippen molar-refractivity contribution in [2.24, 2.45) is 5.14 Å². The number of nitrogens with two attached hydrogens (primary N) is 1. The van der Waals surface area contributed by atoms with Gasteiger partial charge in [0.1, 0.15) is 17.2 Å². The minimum atomic E-state index is -3.72.